The van der Waals surface area contributed by atoms with Crippen LogP contribution in [0.3, 0.4) is 0 Å². The number of hydrogen-bond donors (Lipinski definition) is 3. The number of carboxylic acid groups (broad SMARTS) is 1. The maximum absolute atomic E-state index is 11.6. The summed E-state index contributed by atoms with van der Waals surface area (Å²) in [5.74, 6) is -1.27. The summed E-state index contributed by atoms with van der Waals surface area (Å²) in [7, 11) is 0. The van der Waals surface area contributed by atoms with E-state index in [9.17, 15) is 9.59 Å². The van der Waals surface area contributed by atoms with E-state index in [0.717, 1.165) is 0 Å². The monoisotopic (exact) mass is 230 g/mol. The molecule has 2 atom stereocenters. The molecule has 0 saturated heterocycles. The highest BCUT2D eigenvalue weighted by molar-refractivity contribution is 5.86. The minimum Gasteiger partial charge on any atom is -0.480 e. The van der Waals surface area contributed by atoms with Crippen molar-refractivity contribution in [2.75, 3.05) is 0 Å². The van der Waals surface area contributed by atoms with Gasteiger partial charge in [-0.3, -0.25) is 4.79 Å². The molecule has 0 bridgehead atoms. The first-order chi connectivity index (χ1) is 7.25. The fourth-order valence-electron chi connectivity index (χ4n) is 1.39. The number of nitrogens with one attached hydrogen (secondary N) is 1. The third-order valence-corrected chi connectivity index (χ3v) is 2.29. The van der Waals surface area contributed by atoms with Crippen molar-refractivity contribution in [2.45, 2.75) is 46.2 Å². The molecule has 0 heterocycles. The van der Waals surface area contributed by atoms with Crippen molar-refractivity contribution in [3.8, 4) is 0 Å². The molecule has 0 aliphatic carbocycles. The minimum atomic E-state index is -1.03. The van der Waals surface area contributed by atoms with Crippen LogP contribution in [0.15, 0.2) is 0 Å². The zero-order chi connectivity index (χ0) is 12.9. The summed E-state index contributed by atoms with van der Waals surface area (Å²) in [6.07, 6.45) is 0.552. The van der Waals surface area contributed by atoms with Gasteiger partial charge in [0.05, 0.1) is 6.04 Å². The van der Waals surface area contributed by atoms with Gasteiger partial charge in [-0.15, -0.1) is 0 Å². The molecule has 0 aromatic carbocycles. The van der Waals surface area contributed by atoms with Crippen LogP contribution in [-0.4, -0.2) is 29.1 Å². The molecule has 1 amide bonds. The molecule has 0 rings (SSSR count). The number of hydrogen-bond acceptors (Lipinski definition) is 3. The van der Waals surface area contributed by atoms with Crippen LogP contribution in [0.25, 0.3) is 0 Å². The Morgan fingerprint density at radius 3 is 2.06 bits per heavy atom. The van der Waals surface area contributed by atoms with Gasteiger partial charge >= 0.3 is 5.97 Å². The lowest BCUT2D eigenvalue weighted by atomic mass is 10.0. The van der Waals surface area contributed by atoms with E-state index < -0.39 is 24.0 Å². The highest BCUT2D eigenvalue weighted by atomic mass is 16.4. The number of carbonyl (C=O) groups excluding carboxylic acids is 1. The van der Waals surface area contributed by atoms with Crippen molar-refractivity contribution < 1.29 is 14.7 Å². The smallest absolute Gasteiger partial charge is 0.326 e. The van der Waals surface area contributed by atoms with E-state index >= 15 is 0 Å². The molecule has 0 saturated carbocycles. The Hall–Kier alpha value is -1.10. The van der Waals surface area contributed by atoms with Crippen LogP contribution in [0, 0.1) is 11.8 Å². The van der Waals surface area contributed by atoms with Crippen LogP contribution >= 0.6 is 0 Å². The molecule has 5 heteroatoms. The Morgan fingerprint density at radius 2 is 1.75 bits per heavy atom. The summed E-state index contributed by atoms with van der Waals surface area (Å²) < 4.78 is 0. The summed E-state index contributed by atoms with van der Waals surface area (Å²) >= 11 is 0. The number of carboxylic acids is 1. The Bertz CT molecular complexity index is 252. The Balaban J connectivity index is 4.35. The molecular weight excluding hydrogens is 208 g/mol. The van der Waals surface area contributed by atoms with Crippen LogP contribution in [0.2, 0.25) is 0 Å². The van der Waals surface area contributed by atoms with Crippen molar-refractivity contribution in [3.05, 3.63) is 0 Å². The van der Waals surface area contributed by atoms with Crippen molar-refractivity contribution in [1.29, 1.82) is 0 Å². The Kier molecular flexibility index (Phi) is 6.03. The van der Waals surface area contributed by atoms with Crippen LogP contribution in [0.5, 0.6) is 0 Å². The van der Waals surface area contributed by atoms with E-state index in [-0.39, 0.29) is 5.92 Å². The summed E-state index contributed by atoms with van der Waals surface area (Å²) in [6, 6.07) is -1.51. The van der Waals surface area contributed by atoms with Gasteiger partial charge in [0.15, 0.2) is 0 Å². The third-order valence-electron chi connectivity index (χ3n) is 2.29. The molecule has 0 aromatic rings. The SMILES string of the molecule is CC(C)C[C@@H](N)C(=O)NC(C(=O)O)C(C)C. The highest BCUT2D eigenvalue weighted by Crippen LogP contribution is 2.05. The molecular formula is C11H22N2O3. The normalized spacial score (nSPS) is 14.9. The Morgan fingerprint density at radius 1 is 1.25 bits per heavy atom. The molecule has 0 aliphatic rings. The number of aliphatic carboxylic acids is 1. The second kappa shape index (κ2) is 6.48. The average molecular weight is 230 g/mol. The zero-order valence-corrected chi connectivity index (χ0v) is 10.4. The summed E-state index contributed by atoms with van der Waals surface area (Å²) in [4.78, 5) is 22.5. The minimum absolute atomic E-state index is 0.160. The van der Waals surface area contributed by atoms with Gasteiger partial charge in [-0.1, -0.05) is 27.7 Å². The van der Waals surface area contributed by atoms with Gasteiger partial charge in [-0.2, -0.15) is 0 Å². The zero-order valence-electron chi connectivity index (χ0n) is 10.4. The third kappa shape index (κ3) is 5.11. The van der Waals surface area contributed by atoms with Gasteiger partial charge in [0.1, 0.15) is 6.04 Å². The van der Waals surface area contributed by atoms with Crippen molar-refractivity contribution in [2.24, 2.45) is 17.6 Å². The van der Waals surface area contributed by atoms with Crippen molar-refractivity contribution in [1.82, 2.24) is 5.32 Å². The lowest BCUT2D eigenvalue weighted by Gasteiger charge is -2.21. The maximum Gasteiger partial charge on any atom is 0.326 e. The van der Waals surface area contributed by atoms with E-state index in [4.69, 9.17) is 10.8 Å². The quantitative estimate of drug-likeness (QED) is 0.622. The first-order valence-electron chi connectivity index (χ1n) is 5.54. The molecule has 5 nitrogen and oxygen atoms in total. The van der Waals surface area contributed by atoms with Crippen LogP contribution in [-0.2, 0) is 9.59 Å². The van der Waals surface area contributed by atoms with Crippen LogP contribution in [0.4, 0.5) is 0 Å². The van der Waals surface area contributed by atoms with Crippen molar-refractivity contribution >= 4 is 11.9 Å². The number of carbonyl (C=O) groups is 2. The Labute approximate surface area is 96.4 Å². The van der Waals surface area contributed by atoms with E-state index in [1.54, 1.807) is 13.8 Å². The van der Waals surface area contributed by atoms with E-state index in [1.807, 2.05) is 13.8 Å². The molecule has 0 aliphatic heterocycles. The number of amides is 1. The molecule has 16 heavy (non-hydrogen) atoms. The molecule has 94 valence electrons. The molecule has 0 fully saturated rings. The molecule has 4 N–H and O–H groups in total. The van der Waals surface area contributed by atoms with E-state index in [1.165, 1.54) is 0 Å². The maximum atomic E-state index is 11.6. The predicted octanol–water partition coefficient (Wildman–Crippen LogP) is 0.585. The largest absolute Gasteiger partial charge is 0.480 e. The highest BCUT2D eigenvalue weighted by Gasteiger charge is 2.25. The number of rotatable bonds is 6. The van der Waals surface area contributed by atoms with Crippen LogP contribution in [0.1, 0.15) is 34.1 Å². The van der Waals surface area contributed by atoms with Gasteiger partial charge in [-0.05, 0) is 18.3 Å². The first-order valence-corrected chi connectivity index (χ1v) is 5.54. The summed E-state index contributed by atoms with van der Waals surface area (Å²) in [5, 5.41) is 11.4. The second-order valence-corrected chi connectivity index (χ2v) is 4.80. The van der Waals surface area contributed by atoms with E-state index in [2.05, 4.69) is 5.32 Å². The molecule has 1 unspecified atom stereocenters. The fourth-order valence-corrected chi connectivity index (χ4v) is 1.39. The van der Waals surface area contributed by atoms with Crippen molar-refractivity contribution in [3.63, 3.8) is 0 Å². The first kappa shape index (κ1) is 14.9. The fraction of sp³-hybridized carbons (Fsp3) is 0.818. The topological polar surface area (TPSA) is 92.4 Å². The van der Waals surface area contributed by atoms with E-state index in [0.29, 0.717) is 12.3 Å². The second-order valence-electron chi connectivity index (χ2n) is 4.80. The van der Waals surface area contributed by atoms with Gasteiger partial charge in [0.2, 0.25) is 5.91 Å². The lowest BCUT2D eigenvalue weighted by molar-refractivity contribution is -0.143. The molecule has 0 radical (unpaired) electrons. The average Bonchev–Trinajstić information content (AvgIpc) is 2.11. The standard InChI is InChI=1S/C11H22N2O3/c1-6(2)5-8(12)10(14)13-9(7(3)4)11(15)16/h6-9H,5,12H2,1-4H3,(H,13,14)(H,15,16)/t8-,9?/m1/s1. The molecule has 0 spiro atoms. The van der Waals surface area contributed by atoms with Gasteiger partial charge in [0, 0.05) is 0 Å². The van der Waals surface area contributed by atoms with Crippen LogP contribution < -0.4 is 11.1 Å². The predicted molar refractivity (Wildman–Crippen MR) is 61.8 cm³/mol. The van der Waals surface area contributed by atoms with Gasteiger partial charge in [0.25, 0.3) is 0 Å². The lowest BCUT2D eigenvalue weighted by Crippen LogP contribution is -2.50. The summed E-state index contributed by atoms with van der Waals surface area (Å²) in [6.45, 7) is 7.41. The number of nitrogens with two attached hydrogens (primary N) is 1. The van der Waals surface area contributed by atoms with Gasteiger partial charge < -0.3 is 16.2 Å². The summed E-state index contributed by atoms with van der Waals surface area (Å²) in [5.41, 5.74) is 5.66. The molecule has 0 aromatic heterocycles. The van der Waals surface area contributed by atoms with Gasteiger partial charge in [-0.25, -0.2) is 4.79 Å².